The van der Waals surface area contributed by atoms with Gasteiger partial charge in [0, 0.05) is 19.6 Å². The van der Waals surface area contributed by atoms with E-state index in [1.54, 1.807) is 0 Å². The van der Waals surface area contributed by atoms with Crippen molar-refractivity contribution in [2.75, 3.05) is 37.4 Å². The molecule has 3 N–H and O–H groups in total. The Morgan fingerprint density at radius 1 is 1.33 bits per heavy atom. The van der Waals surface area contributed by atoms with Crippen LogP contribution in [0.3, 0.4) is 0 Å². The second-order valence-electron chi connectivity index (χ2n) is 4.92. The van der Waals surface area contributed by atoms with Gasteiger partial charge >= 0.3 is 5.97 Å². The highest BCUT2D eigenvalue weighted by Crippen LogP contribution is 2.39. The molecule has 21 heavy (non-hydrogen) atoms. The van der Waals surface area contributed by atoms with Gasteiger partial charge in [-0.05, 0) is 26.2 Å². The van der Waals surface area contributed by atoms with E-state index >= 15 is 0 Å². The van der Waals surface area contributed by atoms with Gasteiger partial charge in [0.2, 0.25) is 0 Å². The van der Waals surface area contributed by atoms with Crippen LogP contribution in [0.2, 0.25) is 0 Å². The number of nitrogen functional groups attached to an aromatic ring is 1. The quantitative estimate of drug-likeness (QED) is 0.829. The van der Waals surface area contributed by atoms with Crippen LogP contribution < -0.4 is 16.0 Å². The van der Waals surface area contributed by atoms with E-state index in [9.17, 15) is 9.59 Å². The highest BCUT2D eigenvalue weighted by molar-refractivity contribution is 7.19. The van der Waals surface area contributed by atoms with Crippen LogP contribution in [0.25, 0.3) is 0 Å². The minimum Gasteiger partial charge on any atom is -0.465 e. The van der Waals surface area contributed by atoms with Crippen molar-refractivity contribution < 1.29 is 14.3 Å². The zero-order valence-electron chi connectivity index (χ0n) is 12.4. The Morgan fingerprint density at radius 2 is 2.00 bits per heavy atom. The summed E-state index contributed by atoms with van der Waals surface area (Å²) in [6.07, 6.45) is 3.35. The minimum atomic E-state index is -0.486. The monoisotopic (exact) mass is 311 g/mol. The summed E-state index contributed by atoms with van der Waals surface area (Å²) in [4.78, 5) is 26.6. The number of carbonyl (C=O) groups is 2. The highest BCUT2D eigenvalue weighted by Gasteiger charge is 2.29. The third-order valence-electron chi connectivity index (χ3n) is 3.50. The van der Waals surface area contributed by atoms with E-state index in [1.165, 1.54) is 24.9 Å². The molecule has 0 radical (unpaired) electrons. The smallest absolute Gasteiger partial charge is 0.343 e. The van der Waals surface area contributed by atoms with Gasteiger partial charge in [-0.1, -0.05) is 0 Å². The number of nitrogens with two attached hydrogens (primary N) is 1. The molecule has 6 nitrogen and oxygen atoms in total. The van der Waals surface area contributed by atoms with Crippen LogP contribution in [0.15, 0.2) is 0 Å². The van der Waals surface area contributed by atoms with E-state index in [-0.39, 0.29) is 11.6 Å². The number of methoxy groups -OCH3 is 1. The normalized spacial score (nSPS) is 14.9. The average molecular weight is 311 g/mol. The summed E-state index contributed by atoms with van der Waals surface area (Å²) in [5, 5.41) is 3.47. The second-order valence-corrected chi connectivity index (χ2v) is 5.92. The molecule has 0 aliphatic carbocycles. The van der Waals surface area contributed by atoms with Crippen molar-refractivity contribution in [2.24, 2.45) is 0 Å². The fraction of sp³-hybridized carbons (Fsp3) is 0.571. The summed E-state index contributed by atoms with van der Waals surface area (Å²) in [5.41, 5.74) is 6.59. The van der Waals surface area contributed by atoms with E-state index in [2.05, 4.69) is 10.2 Å². The van der Waals surface area contributed by atoms with Gasteiger partial charge in [-0.25, -0.2) is 4.79 Å². The van der Waals surface area contributed by atoms with Crippen molar-refractivity contribution in [3.05, 3.63) is 10.4 Å². The van der Waals surface area contributed by atoms with Crippen LogP contribution in [0, 0.1) is 0 Å². The van der Waals surface area contributed by atoms with Gasteiger partial charge in [-0.15, -0.1) is 11.3 Å². The second kappa shape index (κ2) is 6.80. The van der Waals surface area contributed by atoms with E-state index in [1.807, 2.05) is 6.92 Å². The largest absolute Gasteiger partial charge is 0.465 e. The molecule has 1 aliphatic heterocycles. The van der Waals surface area contributed by atoms with E-state index in [0.717, 1.165) is 30.9 Å². The third kappa shape index (κ3) is 3.12. The summed E-state index contributed by atoms with van der Waals surface area (Å²) in [5.74, 6) is -0.728. The molecule has 1 amide bonds. The molecule has 0 unspecified atom stereocenters. The number of ether oxygens (including phenoxy) is 1. The van der Waals surface area contributed by atoms with Crippen molar-refractivity contribution >= 4 is 33.9 Å². The Hall–Kier alpha value is -1.76. The van der Waals surface area contributed by atoms with Gasteiger partial charge in [0.15, 0.2) is 0 Å². The van der Waals surface area contributed by atoms with E-state index in [4.69, 9.17) is 10.5 Å². The Bertz CT molecular complexity index is 536. The molecular weight excluding hydrogens is 290 g/mol. The summed E-state index contributed by atoms with van der Waals surface area (Å²) in [7, 11) is 1.32. The molecule has 1 aromatic heterocycles. The molecule has 2 rings (SSSR count). The first-order valence-electron chi connectivity index (χ1n) is 7.13. The summed E-state index contributed by atoms with van der Waals surface area (Å²) < 4.78 is 4.83. The lowest BCUT2D eigenvalue weighted by Crippen LogP contribution is -2.30. The number of piperidine rings is 1. The maximum atomic E-state index is 12.1. The number of carbonyl (C=O) groups excluding carboxylic acids is 2. The third-order valence-corrected chi connectivity index (χ3v) is 4.77. The van der Waals surface area contributed by atoms with Crippen molar-refractivity contribution in [1.29, 1.82) is 0 Å². The number of hydrogen-bond acceptors (Lipinski definition) is 6. The molecular formula is C14H21N3O3S. The lowest BCUT2D eigenvalue weighted by molar-refractivity contribution is 0.0603. The maximum absolute atomic E-state index is 12.1. The van der Waals surface area contributed by atoms with Crippen LogP contribution in [0.5, 0.6) is 0 Å². The van der Waals surface area contributed by atoms with Crippen molar-refractivity contribution in [3.8, 4) is 0 Å². The summed E-state index contributed by atoms with van der Waals surface area (Å²) >= 11 is 1.27. The number of esters is 1. The minimum absolute atomic E-state index is 0.221. The average Bonchev–Trinajstić information content (AvgIpc) is 2.85. The number of rotatable bonds is 4. The molecule has 1 saturated heterocycles. The first-order chi connectivity index (χ1) is 10.1. The summed E-state index contributed by atoms with van der Waals surface area (Å²) in [6, 6.07) is 0. The van der Waals surface area contributed by atoms with Gasteiger partial charge in [-0.3, -0.25) is 4.79 Å². The standard InChI is InChI=1S/C14H21N3O3S/c1-3-16-12(18)11-10(15)9(14(19)20-2)13(21-11)17-7-5-4-6-8-17/h3-8,15H2,1-2H3,(H,16,18). The van der Waals surface area contributed by atoms with Crippen LogP contribution in [-0.4, -0.2) is 38.6 Å². The number of anilines is 2. The molecule has 2 heterocycles. The molecule has 1 aromatic rings. The fourth-order valence-electron chi connectivity index (χ4n) is 2.46. The Balaban J connectivity index is 2.43. The first-order valence-corrected chi connectivity index (χ1v) is 7.95. The van der Waals surface area contributed by atoms with Crippen molar-refractivity contribution in [2.45, 2.75) is 26.2 Å². The van der Waals surface area contributed by atoms with Gasteiger partial charge < -0.3 is 20.7 Å². The zero-order valence-corrected chi connectivity index (χ0v) is 13.2. The molecule has 0 saturated carbocycles. The lowest BCUT2D eigenvalue weighted by Gasteiger charge is -2.28. The van der Waals surface area contributed by atoms with E-state index < -0.39 is 5.97 Å². The lowest BCUT2D eigenvalue weighted by atomic mass is 10.1. The van der Waals surface area contributed by atoms with Crippen LogP contribution >= 0.6 is 11.3 Å². The Labute approximate surface area is 128 Å². The number of amides is 1. The zero-order chi connectivity index (χ0) is 15.4. The molecule has 0 atom stereocenters. The summed E-state index contributed by atoms with van der Waals surface area (Å²) in [6.45, 7) is 4.11. The van der Waals surface area contributed by atoms with Gasteiger partial charge in [-0.2, -0.15) is 0 Å². The van der Waals surface area contributed by atoms with Crippen molar-refractivity contribution in [1.82, 2.24) is 5.32 Å². The van der Waals surface area contributed by atoms with E-state index in [0.29, 0.717) is 17.0 Å². The first kappa shape index (κ1) is 15.6. The Kier molecular flexibility index (Phi) is 5.06. The molecule has 0 aromatic carbocycles. The number of thiophene rings is 1. The number of nitrogens with zero attached hydrogens (tertiary/aromatic N) is 1. The fourth-order valence-corrected chi connectivity index (χ4v) is 3.64. The predicted molar refractivity (Wildman–Crippen MR) is 84.1 cm³/mol. The molecule has 7 heteroatoms. The topological polar surface area (TPSA) is 84.7 Å². The van der Waals surface area contributed by atoms with Crippen molar-refractivity contribution in [3.63, 3.8) is 0 Å². The van der Waals surface area contributed by atoms with Gasteiger partial charge in [0.25, 0.3) is 5.91 Å². The van der Waals surface area contributed by atoms with Gasteiger partial charge in [0.1, 0.15) is 15.4 Å². The molecule has 0 bridgehead atoms. The number of hydrogen-bond donors (Lipinski definition) is 2. The van der Waals surface area contributed by atoms with Crippen LogP contribution in [0.4, 0.5) is 10.7 Å². The molecule has 1 aliphatic rings. The predicted octanol–water partition coefficient (Wildman–Crippen LogP) is 1.86. The van der Waals surface area contributed by atoms with Crippen LogP contribution in [0.1, 0.15) is 46.2 Å². The highest BCUT2D eigenvalue weighted by atomic mass is 32.1. The SMILES string of the molecule is CCNC(=O)c1sc(N2CCCCC2)c(C(=O)OC)c1N. The maximum Gasteiger partial charge on any atom is 0.343 e. The molecule has 116 valence electrons. The van der Waals surface area contributed by atoms with Crippen LogP contribution in [-0.2, 0) is 4.74 Å². The molecule has 0 spiro atoms. The van der Waals surface area contributed by atoms with Gasteiger partial charge in [0.05, 0.1) is 12.8 Å². The number of nitrogens with one attached hydrogen (secondary N) is 1. The molecule has 1 fully saturated rings. The Morgan fingerprint density at radius 3 is 2.57 bits per heavy atom.